The quantitative estimate of drug-likeness (QED) is 0.791. The van der Waals surface area contributed by atoms with Gasteiger partial charge in [0.1, 0.15) is 12.6 Å². The fourth-order valence-corrected chi connectivity index (χ4v) is 1.95. The second-order valence-electron chi connectivity index (χ2n) is 4.83. The molecule has 0 bridgehead atoms. The van der Waals surface area contributed by atoms with E-state index in [4.69, 9.17) is 9.26 Å². The van der Waals surface area contributed by atoms with E-state index in [0.717, 1.165) is 0 Å². The predicted molar refractivity (Wildman–Crippen MR) is 67.5 cm³/mol. The number of carbonyl (C=O) groups is 2. The molecule has 0 radical (unpaired) electrons. The molecule has 8 nitrogen and oxygen atoms in total. The fourth-order valence-electron chi connectivity index (χ4n) is 1.95. The first-order valence-electron chi connectivity index (χ1n) is 6.42. The molecular formula is C12H18N4O4. The smallest absolute Gasteiger partial charge is 0.252 e. The van der Waals surface area contributed by atoms with Crippen LogP contribution < -0.4 is 5.32 Å². The Hall–Kier alpha value is -1.96. The van der Waals surface area contributed by atoms with Gasteiger partial charge in [-0.2, -0.15) is 4.98 Å². The Morgan fingerprint density at radius 1 is 1.55 bits per heavy atom. The first-order chi connectivity index (χ1) is 9.45. The lowest BCUT2D eigenvalue weighted by molar-refractivity contribution is -0.149. The summed E-state index contributed by atoms with van der Waals surface area (Å²) in [5, 5.41) is 6.22. The monoisotopic (exact) mass is 282 g/mol. The van der Waals surface area contributed by atoms with Gasteiger partial charge in [0.25, 0.3) is 5.89 Å². The maximum Gasteiger partial charge on any atom is 0.252 e. The largest absolute Gasteiger partial charge is 0.365 e. The number of rotatable bonds is 5. The van der Waals surface area contributed by atoms with Gasteiger partial charge in [0, 0.05) is 20.0 Å². The minimum Gasteiger partial charge on any atom is -0.365 e. The first kappa shape index (κ1) is 14.4. The van der Waals surface area contributed by atoms with Crippen LogP contribution in [0.5, 0.6) is 0 Å². The molecule has 110 valence electrons. The van der Waals surface area contributed by atoms with E-state index in [1.54, 1.807) is 18.7 Å². The van der Waals surface area contributed by atoms with Gasteiger partial charge in [0.2, 0.25) is 11.8 Å². The molecule has 1 aliphatic rings. The van der Waals surface area contributed by atoms with Crippen molar-refractivity contribution in [2.24, 2.45) is 0 Å². The molecule has 1 aromatic rings. The van der Waals surface area contributed by atoms with Crippen molar-refractivity contribution < 1.29 is 18.8 Å². The molecule has 1 fully saturated rings. The van der Waals surface area contributed by atoms with Gasteiger partial charge in [-0.3, -0.25) is 9.59 Å². The van der Waals surface area contributed by atoms with Crippen molar-refractivity contribution in [3.8, 4) is 0 Å². The van der Waals surface area contributed by atoms with Crippen LogP contribution in [0.15, 0.2) is 4.52 Å². The Bertz CT molecular complexity index is 495. The maximum atomic E-state index is 11.9. The van der Waals surface area contributed by atoms with Crippen LogP contribution >= 0.6 is 0 Å². The summed E-state index contributed by atoms with van der Waals surface area (Å²) in [6.07, 6.45) is -0.0318. The summed E-state index contributed by atoms with van der Waals surface area (Å²) in [5.41, 5.74) is 0. The molecule has 2 heterocycles. The lowest BCUT2D eigenvalue weighted by Crippen LogP contribution is -2.59. The number of likely N-dealkylation sites (tertiary alicyclic amines) is 1. The second kappa shape index (κ2) is 6.00. The number of ether oxygens (including phenoxy) is 1. The lowest BCUT2D eigenvalue weighted by Gasteiger charge is -2.39. The zero-order valence-electron chi connectivity index (χ0n) is 11.8. The van der Waals surface area contributed by atoms with Crippen LogP contribution in [0, 0.1) is 6.92 Å². The molecule has 1 saturated heterocycles. The van der Waals surface area contributed by atoms with Crippen molar-refractivity contribution in [1.82, 2.24) is 20.4 Å². The summed E-state index contributed by atoms with van der Waals surface area (Å²) in [6.45, 7) is 6.05. The molecule has 0 aliphatic carbocycles. The van der Waals surface area contributed by atoms with Gasteiger partial charge in [-0.05, 0) is 13.8 Å². The topological polar surface area (TPSA) is 97.6 Å². The van der Waals surface area contributed by atoms with Crippen LogP contribution in [0.1, 0.15) is 25.6 Å². The van der Waals surface area contributed by atoms with Crippen LogP contribution in [0.3, 0.4) is 0 Å². The highest BCUT2D eigenvalue weighted by atomic mass is 16.5. The van der Waals surface area contributed by atoms with E-state index in [2.05, 4.69) is 15.5 Å². The van der Waals surface area contributed by atoms with E-state index in [1.807, 2.05) is 0 Å². The highest BCUT2D eigenvalue weighted by Gasteiger charge is 2.34. The van der Waals surface area contributed by atoms with Crippen LogP contribution in [-0.2, 0) is 20.9 Å². The molecule has 20 heavy (non-hydrogen) atoms. The maximum absolute atomic E-state index is 11.9. The molecule has 0 spiro atoms. The number of amides is 2. The van der Waals surface area contributed by atoms with Crippen LogP contribution in [0.2, 0.25) is 0 Å². The summed E-state index contributed by atoms with van der Waals surface area (Å²) in [7, 11) is 0. The zero-order valence-corrected chi connectivity index (χ0v) is 11.8. The number of aryl methyl sites for hydroxylation is 1. The summed E-state index contributed by atoms with van der Waals surface area (Å²) >= 11 is 0. The normalized spacial score (nSPS) is 16.6. The van der Waals surface area contributed by atoms with Crippen molar-refractivity contribution in [3.05, 3.63) is 11.7 Å². The van der Waals surface area contributed by atoms with Gasteiger partial charge in [-0.1, -0.05) is 5.16 Å². The van der Waals surface area contributed by atoms with Crippen LogP contribution in [0.25, 0.3) is 0 Å². The van der Waals surface area contributed by atoms with E-state index in [0.29, 0.717) is 24.8 Å². The van der Waals surface area contributed by atoms with Crippen molar-refractivity contribution in [1.29, 1.82) is 0 Å². The molecule has 0 aromatic carbocycles. The molecule has 2 amide bonds. The fraction of sp³-hybridized carbons (Fsp3) is 0.667. The Balaban J connectivity index is 1.69. The molecule has 1 atom stereocenters. The standard InChI is InChI=1S/C12H18N4O4/c1-7(13-9(3)17)12(18)16-4-10(5-16)19-6-11-14-8(2)15-20-11/h7,10H,4-6H2,1-3H3,(H,13,17). The molecule has 1 unspecified atom stereocenters. The third-order valence-electron chi connectivity index (χ3n) is 2.96. The molecule has 0 saturated carbocycles. The van der Waals surface area contributed by atoms with E-state index in [1.165, 1.54) is 6.92 Å². The van der Waals surface area contributed by atoms with Crippen molar-refractivity contribution in [2.75, 3.05) is 13.1 Å². The van der Waals surface area contributed by atoms with Crippen LogP contribution in [-0.4, -0.2) is 52.1 Å². The summed E-state index contributed by atoms with van der Waals surface area (Å²) < 4.78 is 10.5. The van der Waals surface area contributed by atoms with Crippen molar-refractivity contribution in [2.45, 2.75) is 39.5 Å². The van der Waals surface area contributed by atoms with Gasteiger partial charge in [-0.15, -0.1) is 0 Å². The second-order valence-corrected chi connectivity index (χ2v) is 4.83. The average Bonchev–Trinajstić information content (AvgIpc) is 2.71. The molecule has 1 aliphatic heterocycles. The predicted octanol–water partition coefficient (Wildman–Crippen LogP) is -0.370. The third kappa shape index (κ3) is 3.53. The van der Waals surface area contributed by atoms with E-state index in [-0.39, 0.29) is 24.5 Å². The van der Waals surface area contributed by atoms with Gasteiger partial charge < -0.3 is 19.5 Å². The summed E-state index contributed by atoms with van der Waals surface area (Å²) in [6, 6.07) is -0.507. The van der Waals surface area contributed by atoms with Crippen molar-refractivity contribution in [3.63, 3.8) is 0 Å². The van der Waals surface area contributed by atoms with E-state index >= 15 is 0 Å². The molecule has 1 aromatic heterocycles. The molecular weight excluding hydrogens is 264 g/mol. The summed E-state index contributed by atoms with van der Waals surface area (Å²) in [5.74, 6) is 0.677. The summed E-state index contributed by atoms with van der Waals surface area (Å²) in [4.78, 5) is 28.5. The van der Waals surface area contributed by atoms with Crippen molar-refractivity contribution >= 4 is 11.8 Å². The highest BCUT2D eigenvalue weighted by molar-refractivity contribution is 5.87. The number of nitrogens with one attached hydrogen (secondary N) is 1. The van der Waals surface area contributed by atoms with Gasteiger partial charge >= 0.3 is 0 Å². The molecule has 2 rings (SSSR count). The van der Waals surface area contributed by atoms with E-state index < -0.39 is 6.04 Å². The minimum atomic E-state index is -0.507. The van der Waals surface area contributed by atoms with Gasteiger partial charge in [0.15, 0.2) is 5.82 Å². The molecule has 8 heteroatoms. The minimum absolute atomic E-state index is 0.0318. The number of nitrogens with zero attached hydrogens (tertiary/aromatic N) is 3. The lowest BCUT2D eigenvalue weighted by atomic mass is 10.1. The van der Waals surface area contributed by atoms with E-state index in [9.17, 15) is 9.59 Å². The number of hydrogen-bond acceptors (Lipinski definition) is 6. The number of aromatic nitrogens is 2. The van der Waals surface area contributed by atoms with Crippen LogP contribution in [0.4, 0.5) is 0 Å². The Kier molecular flexibility index (Phi) is 4.33. The number of carbonyl (C=O) groups excluding carboxylic acids is 2. The highest BCUT2D eigenvalue weighted by Crippen LogP contribution is 2.14. The molecule has 1 N–H and O–H groups in total. The SMILES string of the molecule is CC(=O)NC(C)C(=O)N1CC(OCc2nc(C)no2)C1. The zero-order chi connectivity index (χ0) is 14.7. The Labute approximate surface area is 116 Å². The number of hydrogen-bond donors (Lipinski definition) is 1. The third-order valence-corrected chi connectivity index (χ3v) is 2.96. The Morgan fingerprint density at radius 3 is 2.80 bits per heavy atom. The first-order valence-corrected chi connectivity index (χ1v) is 6.42. The average molecular weight is 282 g/mol. The van der Waals surface area contributed by atoms with Gasteiger partial charge in [0.05, 0.1) is 6.10 Å². The van der Waals surface area contributed by atoms with Gasteiger partial charge in [-0.25, -0.2) is 0 Å². The Morgan fingerprint density at radius 2 is 2.25 bits per heavy atom.